The largest absolute Gasteiger partial charge is 0.461 e. The van der Waals surface area contributed by atoms with E-state index in [1.165, 1.54) is 19.1 Å². The molecule has 1 saturated carbocycles. The Morgan fingerprint density at radius 2 is 1.72 bits per heavy atom. The maximum Gasteiger partial charge on any atom is 0.317 e. The Morgan fingerprint density at radius 1 is 1.14 bits per heavy atom. The molecular weight excluding hydrogens is 372 g/mol. The molecule has 0 radical (unpaired) electrons. The Kier molecular flexibility index (Phi) is 7.67. The second kappa shape index (κ2) is 9.98. The first-order valence-corrected chi connectivity index (χ1v) is 9.35. The summed E-state index contributed by atoms with van der Waals surface area (Å²) in [4.78, 5) is 38.1. The van der Waals surface area contributed by atoms with Gasteiger partial charge in [0.05, 0.1) is 11.5 Å². The van der Waals surface area contributed by atoms with E-state index in [4.69, 9.17) is 9.47 Å². The van der Waals surface area contributed by atoms with E-state index in [0.717, 1.165) is 5.56 Å². The molecule has 0 bridgehead atoms. The maximum atomic E-state index is 12.7. The molecule has 1 aliphatic carbocycles. The van der Waals surface area contributed by atoms with E-state index < -0.39 is 41.1 Å². The van der Waals surface area contributed by atoms with Crippen LogP contribution in [0.1, 0.15) is 18.9 Å². The summed E-state index contributed by atoms with van der Waals surface area (Å²) in [5.41, 5.74) is -0.849. The molecule has 6 nitrogen and oxygen atoms in total. The van der Waals surface area contributed by atoms with Gasteiger partial charge in [-0.3, -0.25) is 14.4 Å². The summed E-state index contributed by atoms with van der Waals surface area (Å²) in [5, 5.41) is 10.9. The molecule has 0 aromatic heterocycles. The first kappa shape index (κ1) is 22.3. The van der Waals surface area contributed by atoms with E-state index >= 15 is 0 Å². The van der Waals surface area contributed by atoms with Crippen molar-refractivity contribution in [2.45, 2.75) is 18.9 Å². The van der Waals surface area contributed by atoms with Crippen LogP contribution in [0.3, 0.4) is 0 Å². The summed E-state index contributed by atoms with van der Waals surface area (Å²) in [6.45, 7) is 8.30. The second-order valence-electron chi connectivity index (χ2n) is 7.14. The predicted molar refractivity (Wildman–Crippen MR) is 109 cm³/mol. The van der Waals surface area contributed by atoms with Crippen LogP contribution in [0.15, 0.2) is 61.7 Å². The minimum absolute atomic E-state index is 0.0416. The number of aliphatic hydroxyl groups is 1. The van der Waals surface area contributed by atoms with Gasteiger partial charge in [0, 0.05) is 12.3 Å². The molecule has 0 saturated heterocycles. The van der Waals surface area contributed by atoms with E-state index in [1.54, 1.807) is 12.2 Å². The van der Waals surface area contributed by atoms with Crippen molar-refractivity contribution in [3.63, 3.8) is 0 Å². The van der Waals surface area contributed by atoms with Crippen LogP contribution in [0, 0.1) is 17.8 Å². The third-order valence-corrected chi connectivity index (χ3v) is 4.82. The highest BCUT2D eigenvalue weighted by atomic mass is 16.5. The van der Waals surface area contributed by atoms with Gasteiger partial charge in [0.25, 0.3) is 0 Å². The number of allylic oxidation sites excluding steroid dienone is 1. The molecule has 1 fully saturated rings. The number of carbonyl (C=O) groups is 3. The molecule has 1 aliphatic rings. The van der Waals surface area contributed by atoms with Gasteiger partial charge in [-0.15, -0.1) is 0 Å². The molecule has 4 atom stereocenters. The molecule has 1 N–H and O–H groups in total. The quantitative estimate of drug-likeness (QED) is 0.411. The highest BCUT2D eigenvalue weighted by Crippen LogP contribution is 2.42. The number of ketones is 1. The van der Waals surface area contributed by atoms with Gasteiger partial charge >= 0.3 is 11.9 Å². The molecule has 0 aliphatic heterocycles. The maximum absolute atomic E-state index is 12.7. The lowest BCUT2D eigenvalue weighted by Crippen LogP contribution is -2.56. The summed E-state index contributed by atoms with van der Waals surface area (Å²) in [7, 11) is 0. The highest BCUT2D eigenvalue weighted by molar-refractivity contribution is 6.02. The molecule has 1 aromatic carbocycles. The lowest BCUT2D eigenvalue weighted by atomic mass is 9.63. The predicted octanol–water partition coefficient (Wildman–Crippen LogP) is 2.73. The van der Waals surface area contributed by atoms with E-state index in [1.807, 2.05) is 30.3 Å². The van der Waals surface area contributed by atoms with Crippen molar-refractivity contribution in [3.8, 4) is 0 Å². The van der Waals surface area contributed by atoms with Crippen LogP contribution in [0.5, 0.6) is 0 Å². The smallest absolute Gasteiger partial charge is 0.317 e. The summed E-state index contributed by atoms with van der Waals surface area (Å²) < 4.78 is 10.3. The van der Waals surface area contributed by atoms with Crippen molar-refractivity contribution in [1.82, 2.24) is 0 Å². The minimum Gasteiger partial charge on any atom is -0.461 e. The van der Waals surface area contributed by atoms with Gasteiger partial charge in [-0.05, 0) is 12.5 Å². The molecule has 1 aromatic rings. The third-order valence-electron chi connectivity index (χ3n) is 4.82. The van der Waals surface area contributed by atoms with Gasteiger partial charge in [0.15, 0.2) is 5.78 Å². The van der Waals surface area contributed by atoms with Gasteiger partial charge in [-0.2, -0.15) is 0 Å². The van der Waals surface area contributed by atoms with E-state index in [-0.39, 0.29) is 19.6 Å². The number of carbonyl (C=O) groups excluding carboxylic acids is 3. The van der Waals surface area contributed by atoms with Crippen LogP contribution in [0.2, 0.25) is 0 Å². The van der Waals surface area contributed by atoms with E-state index in [2.05, 4.69) is 13.2 Å². The molecule has 0 spiro atoms. The third kappa shape index (κ3) is 5.51. The standard InChI is InChI=1S/C23H26O6/c1-4-13-28-21(25)19-17(12-11-16-9-7-6-8-10-16)20(22(26)29-14-5-2)23(3,27)15-18(19)24/h4-12,17,19-20,27H,1-2,13-15H2,3H3/b12-11+/t17-,19-,20+,23-/m0/s1. The van der Waals surface area contributed by atoms with Gasteiger partial charge in [0.2, 0.25) is 0 Å². The fraction of sp³-hybridized carbons (Fsp3) is 0.348. The molecule has 29 heavy (non-hydrogen) atoms. The van der Waals surface area contributed by atoms with Crippen LogP contribution in [-0.4, -0.2) is 41.6 Å². The zero-order valence-corrected chi connectivity index (χ0v) is 16.5. The molecule has 6 heteroatoms. The summed E-state index contributed by atoms with van der Waals surface area (Å²) >= 11 is 0. The Hall–Kier alpha value is -2.99. The summed E-state index contributed by atoms with van der Waals surface area (Å²) in [6.07, 6.45) is 5.75. The number of hydrogen-bond donors (Lipinski definition) is 1. The van der Waals surface area contributed by atoms with Crippen LogP contribution in [0.4, 0.5) is 0 Å². The van der Waals surface area contributed by atoms with Crippen LogP contribution in [-0.2, 0) is 23.9 Å². The van der Waals surface area contributed by atoms with Crippen LogP contribution in [0.25, 0.3) is 6.08 Å². The number of rotatable bonds is 8. The van der Waals surface area contributed by atoms with Gasteiger partial charge < -0.3 is 14.6 Å². The molecule has 0 unspecified atom stereocenters. The lowest BCUT2D eigenvalue weighted by Gasteiger charge is -2.42. The molecule has 0 amide bonds. The SMILES string of the molecule is C=CCOC(=O)[C@@H]1C(=O)C[C@](C)(O)[C@@H](C(=O)OCC=C)[C@H]1/C=C/c1ccccc1. The Morgan fingerprint density at radius 3 is 2.31 bits per heavy atom. The normalized spacial score (nSPS) is 26.7. The number of benzene rings is 1. The van der Waals surface area contributed by atoms with Crippen molar-refractivity contribution < 1.29 is 29.0 Å². The number of esters is 2. The fourth-order valence-electron chi connectivity index (χ4n) is 3.56. The van der Waals surface area contributed by atoms with Crippen molar-refractivity contribution in [1.29, 1.82) is 0 Å². The summed E-state index contributed by atoms with van der Waals surface area (Å²) in [5.74, 6) is -5.22. The second-order valence-corrected chi connectivity index (χ2v) is 7.14. The zero-order valence-electron chi connectivity index (χ0n) is 16.5. The minimum atomic E-state index is -1.67. The van der Waals surface area contributed by atoms with E-state index in [9.17, 15) is 19.5 Å². The average Bonchev–Trinajstić information content (AvgIpc) is 2.68. The van der Waals surface area contributed by atoms with Gasteiger partial charge in [-0.25, -0.2) is 0 Å². The zero-order chi connectivity index (χ0) is 21.4. The monoisotopic (exact) mass is 398 g/mol. The lowest BCUT2D eigenvalue weighted by molar-refractivity contribution is -0.174. The Labute approximate surface area is 170 Å². The Balaban J connectivity index is 2.46. The number of Topliss-reactive ketones (excluding diaryl/α,β-unsaturated/α-hetero) is 1. The molecule has 0 heterocycles. The fourth-order valence-corrected chi connectivity index (χ4v) is 3.56. The number of ether oxygens (including phenoxy) is 2. The van der Waals surface area contributed by atoms with E-state index in [0.29, 0.717) is 0 Å². The summed E-state index contributed by atoms with van der Waals surface area (Å²) in [6, 6.07) is 9.23. The number of hydrogen-bond acceptors (Lipinski definition) is 6. The van der Waals surface area contributed by atoms with Crippen molar-refractivity contribution >= 4 is 23.8 Å². The first-order valence-electron chi connectivity index (χ1n) is 9.35. The Bertz CT molecular complexity index is 793. The average molecular weight is 398 g/mol. The van der Waals surface area contributed by atoms with Crippen molar-refractivity contribution in [2.24, 2.45) is 17.8 Å². The highest BCUT2D eigenvalue weighted by Gasteiger charge is 2.55. The van der Waals surface area contributed by atoms with Crippen LogP contribution < -0.4 is 0 Å². The first-order chi connectivity index (χ1) is 13.8. The molecule has 154 valence electrons. The molecule has 2 rings (SSSR count). The van der Waals surface area contributed by atoms with Crippen LogP contribution >= 0.6 is 0 Å². The molecular formula is C23H26O6. The topological polar surface area (TPSA) is 89.9 Å². The van der Waals surface area contributed by atoms with Gasteiger partial charge in [-0.1, -0.05) is 67.8 Å². The van der Waals surface area contributed by atoms with Crippen molar-refractivity contribution in [3.05, 3.63) is 67.3 Å². The van der Waals surface area contributed by atoms with Crippen molar-refractivity contribution in [2.75, 3.05) is 13.2 Å². The van der Waals surface area contributed by atoms with Gasteiger partial charge in [0.1, 0.15) is 19.1 Å².